The predicted molar refractivity (Wildman–Crippen MR) is 134 cm³/mol. The molecule has 1 fully saturated rings. The van der Waals surface area contributed by atoms with Crippen LogP contribution in [-0.2, 0) is 10.3 Å². The van der Waals surface area contributed by atoms with Crippen molar-refractivity contribution in [3.63, 3.8) is 0 Å². The second-order valence-corrected chi connectivity index (χ2v) is 9.97. The summed E-state index contributed by atoms with van der Waals surface area (Å²) in [6.45, 7) is 6.06. The van der Waals surface area contributed by atoms with Crippen molar-refractivity contribution in [2.75, 3.05) is 6.54 Å². The van der Waals surface area contributed by atoms with Crippen molar-refractivity contribution < 1.29 is 14.6 Å². The van der Waals surface area contributed by atoms with Gasteiger partial charge in [-0.05, 0) is 55.2 Å². The molecule has 2 aromatic carbocycles. The number of nitrogens with zero attached hydrogens (tertiary/aromatic N) is 4. The summed E-state index contributed by atoms with van der Waals surface area (Å²) in [5, 5.41) is 18.6. The first-order valence-corrected chi connectivity index (χ1v) is 11.9. The zero-order valence-corrected chi connectivity index (χ0v) is 20.3. The van der Waals surface area contributed by atoms with Crippen LogP contribution < -0.4 is 0 Å². The molecular weight excluding hydrogens is 440 g/mol. The van der Waals surface area contributed by atoms with Crippen LogP contribution in [0.1, 0.15) is 50.8 Å². The highest BCUT2D eigenvalue weighted by molar-refractivity contribution is 5.71. The molecule has 0 spiro atoms. The van der Waals surface area contributed by atoms with E-state index in [1.54, 1.807) is 25.1 Å². The lowest BCUT2D eigenvalue weighted by atomic mass is 9.80. The quantitative estimate of drug-likeness (QED) is 0.411. The first-order chi connectivity index (χ1) is 16.7. The highest BCUT2D eigenvalue weighted by atomic mass is 16.6. The number of cyclic esters (lactones) is 1. The maximum Gasteiger partial charge on any atom is 0.411 e. The minimum absolute atomic E-state index is 0.147. The Labute approximate surface area is 205 Å². The summed E-state index contributed by atoms with van der Waals surface area (Å²) in [4.78, 5) is 15.0. The molecule has 5 rings (SSSR count). The van der Waals surface area contributed by atoms with Crippen LogP contribution in [-0.4, -0.2) is 42.8 Å². The van der Waals surface area contributed by atoms with Gasteiger partial charge in [0, 0.05) is 25.6 Å². The highest BCUT2D eigenvalue weighted by Crippen LogP contribution is 2.42. The van der Waals surface area contributed by atoms with E-state index in [9.17, 15) is 9.90 Å². The molecule has 1 N–H and O–H groups in total. The number of aliphatic hydroxyl groups is 1. The van der Waals surface area contributed by atoms with Crippen molar-refractivity contribution in [2.45, 2.75) is 50.9 Å². The van der Waals surface area contributed by atoms with E-state index in [1.807, 2.05) is 60.0 Å². The van der Waals surface area contributed by atoms with E-state index in [0.29, 0.717) is 19.4 Å². The van der Waals surface area contributed by atoms with Crippen molar-refractivity contribution >= 4 is 11.7 Å². The van der Waals surface area contributed by atoms with Crippen LogP contribution >= 0.6 is 0 Å². The molecule has 7 heteroatoms. The summed E-state index contributed by atoms with van der Waals surface area (Å²) in [6, 6.07) is 21.9. The van der Waals surface area contributed by atoms with E-state index in [2.05, 4.69) is 34.5 Å². The van der Waals surface area contributed by atoms with Crippen molar-refractivity contribution in [2.24, 2.45) is 0 Å². The van der Waals surface area contributed by atoms with Crippen LogP contribution in [0.3, 0.4) is 0 Å². The standard InChI is InChI=1S/C28H30N4O3/c1-20(21-9-11-22(12-10-21)23-13-15-31-19-29-30-25(31)17-23)32-16-14-28(35-26(32)33,18-27(2,3)34)24-7-5-4-6-8-24/h4-13,15,17,19-20,34H,14,16,18H2,1-3H3/t20-,28?/m0/s1. The average molecular weight is 471 g/mol. The van der Waals surface area contributed by atoms with Gasteiger partial charge in [-0.15, -0.1) is 10.2 Å². The molecule has 7 nitrogen and oxygen atoms in total. The van der Waals surface area contributed by atoms with Crippen LogP contribution in [0.15, 0.2) is 79.3 Å². The number of hydrogen-bond donors (Lipinski definition) is 1. The topological polar surface area (TPSA) is 80.0 Å². The molecule has 1 unspecified atom stereocenters. The largest absolute Gasteiger partial charge is 0.438 e. The lowest BCUT2D eigenvalue weighted by Gasteiger charge is -2.45. The van der Waals surface area contributed by atoms with Gasteiger partial charge in [-0.1, -0.05) is 54.6 Å². The maximum atomic E-state index is 13.3. The zero-order chi connectivity index (χ0) is 24.6. The summed E-state index contributed by atoms with van der Waals surface area (Å²) < 4.78 is 8.00. The van der Waals surface area contributed by atoms with Crippen molar-refractivity contribution in [3.05, 3.63) is 90.4 Å². The summed E-state index contributed by atoms with van der Waals surface area (Å²) in [5.41, 5.74) is 3.04. The second kappa shape index (κ2) is 8.82. The van der Waals surface area contributed by atoms with E-state index < -0.39 is 11.2 Å². The fourth-order valence-corrected chi connectivity index (χ4v) is 5.02. The highest BCUT2D eigenvalue weighted by Gasteiger charge is 2.46. The summed E-state index contributed by atoms with van der Waals surface area (Å²) >= 11 is 0. The van der Waals surface area contributed by atoms with Crippen LogP contribution in [0.25, 0.3) is 16.8 Å². The molecule has 2 atom stereocenters. The molecular formula is C28H30N4O3. The Kier molecular flexibility index (Phi) is 5.81. The van der Waals surface area contributed by atoms with Gasteiger partial charge < -0.3 is 14.7 Å². The lowest BCUT2D eigenvalue weighted by Crippen LogP contribution is -2.51. The molecule has 0 radical (unpaired) electrons. The van der Waals surface area contributed by atoms with Gasteiger partial charge in [0.2, 0.25) is 0 Å². The number of pyridine rings is 1. The first kappa shape index (κ1) is 23.1. The molecule has 1 amide bonds. The molecule has 1 aliphatic heterocycles. The lowest BCUT2D eigenvalue weighted by molar-refractivity contribution is -0.101. The van der Waals surface area contributed by atoms with Gasteiger partial charge in [0.05, 0.1) is 11.6 Å². The third-order valence-corrected chi connectivity index (χ3v) is 6.79. The number of fused-ring (bicyclic) bond motifs is 1. The van der Waals surface area contributed by atoms with E-state index in [-0.39, 0.29) is 12.1 Å². The van der Waals surface area contributed by atoms with E-state index in [1.165, 1.54) is 0 Å². The molecule has 1 saturated heterocycles. The van der Waals surface area contributed by atoms with Gasteiger partial charge in [0.15, 0.2) is 5.65 Å². The Balaban J connectivity index is 1.35. The number of benzene rings is 2. The Morgan fingerprint density at radius 2 is 1.83 bits per heavy atom. The molecule has 0 saturated carbocycles. The Hall–Kier alpha value is -3.71. The summed E-state index contributed by atoms with van der Waals surface area (Å²) in [7, 11) is 0. The van der Waals surface area contributed by atoms with E-state index in [4.69, 9.17) is 4.74 Å². The summed E-state index contributed by atoms with van der Waals surface area (Å²) in [5.74, 6) is 0. The molecule has 3 heterocycles. The third-order valence-electron chi connectivity index (χ3n) is 6.79. The third kappa shape index (κ3) is 4.64. The SMILES string of the molecule is C[C@@H](c1ccc(-c2ccn3cnnc3c2)cc1)N1CCC(CC(C)(C)O)(c2ccccc2)OC1=O. The van der Waals surface area contributed by atoms with Crippen LogP contribution in [0.5, 0.6) is 0 Å². The minimum Gasteiger partial charge on any atom is -0.438 e. The van der Waals surface area contributed by atoms with Crippen molar-refractivity contribution in [1.29, 1.82) is 0 Å². The molecule has 1 aliphatic rings. The molecule has 0 bridgehead atoms. The normalized spacial score (nSPS) is 19.5. The monoisotopic (exact) mass is 470 g/mol. The fourth-order valence-electron chi connectivity index (χ4n) is 5.02. The minimum atomic E-state index is -0.977. The van der Waals surface area contributed by atoms with Gasteiger partial charge in [-0.25, -0.2) is 4.79 Å². The molecule has 35 heavy (non-hydrogen) atoms. The van der Waals surface area contributed by atoms with E-state index in [0.717, 1.165) is 27.9 Å². The van der Waals surface area contributed by atoms with Crippen LogP contribution in [0, 0.1) is 0 Å². The number of hydrogen-bond acceptors (Lipinski definition) is 5. The van der Waals surface area contributed by atoms with Crippen molar-refractivity contribution in [3.8, 4) is 11.1 Å². The van der Waals surface area contributed by atoms with Gasteiger partial charge in [0.25, 0.3) is 0 Å². The number of ether oxygens (including phenoxy) is 1. The average Bonchev–Trinajstić information content (AvgIpc) is 3.31. The Morgan fingerprint density at radius 1 is 1.09 bits per heavy atom. The zero-order valence-electron chi connectivity index (χ0n) is 20.3. The number of carbonyl (C=O) groups excluding carboxylic acids is 1. The van der Waals surface area contributed by atoms with E-state index >= 15 is 0 Å². The number of rotatable bonds is 6. The second-order valence-electron chi connectivity index (χ2n) is 9.97. The smallest absolute Gasteiger partial charge is 0.411 e. The Bertz CT molecular complexity index is 1330. The summed E-state index contributed by atoms with van der Waals surface area (Å²) in [6.07, 6.45) is 4.20. The molecule has 0 aliphatic carbocycles. The number of amides is 1. The number of aromatic nitrogens is 3. The van der Waals surface area contributed by atoms with Crippen molar-refractivity contribution in [1.82, 2.24) is 19.5 Å². The van der Waals surface area contributed by atoms with Crippen LogP contribution in [0.4, 0.5) is 4.79 Å². The predicted octanol–water partition coefficient (Wildman–Crippen LogP) is 5.36. The Morgan fingerprint density at radius 3 is 2.51 bits per heavy atom. The van der Waals surface area contributed by atoms with Crippen LogP contribution in [0.2, 0.25) is 0 Å². The first-order valence-electron chi connectivity index (χ1n) is 11.9. The number of carbonyl (C=O) groups is 1. The maximum absolute atomic E-state index is 13.3. The van der Waals surface area contributed by atoms with Gasteiger partial charge >= 0.3 is 6.09 Å². The molecule has 180 valence electrons. The molecule has 4 aromatic rings. The fraction of sp³-hybridized carbons (Fsp3) is 0.321. The van der Waals surface area contributed by atoms with Gasteiger partial charge in [-0.3, -0.25) is 4.40 Å². The van der Waals surface area contributed by atoms with Gasteiger partial charge in [-0.2, -0.15) is 0 Å². The van der Waals surface area contributed by atoms with Gasteiger partial charge in [0.1, 0.15) is 11.9 Å². The molecule has 2 aromatic heterocycles.